The molecule has 0 saturated heterocycles. The number of hydrogen-bond donors (Lipinski definition) is 4. The Morgan fingerprint density at radius 1 is 0.429 bits per heavy atom. The van der Waals surface area contributed by atoms with Gasteiger partial charge in [-0.25, -0.2) is 0 Å². The van der Waals surface area contributed by atoms with Gasteiger partial charge in [-0.2, -0.15) is 0 Å². The second-order valence-electron chi connectivity index (χ2n) is 4.31. The first kappa shape index (κ1) is 32.0. The zero-order valence-electron chi connectivity index (χ0n) is 15.0. The Balaban J connectivity index is -0.0000000533. The van der Waals surface area contributed by atoms with Crippen molar-refractivity contribution in [1.29, 1.82) is 0 Å². The van der Waals surface area contributed by atoms with Crippen LogP contribution in [-0.4, -0.2) is 46.9 Å². The standard InChI is InChI=1S/4C4H10O.Rf/c4*1-2-3-4-5;/h4*5H,2-4H2,1H3;. The van der Waals surface area contributed by atoms with Crippen molar-refractivity contribution in [3.05, 3.63) is 0 Å². The average Bonchev–Trinajstić information content (AvgIpc) is 2.44. The van der Waals surface area contributed by atoms with Gasteiger partial charge < -0.3 is 20.4 Å². The monoisotopic (exact) mass is 563 g/mol. The minimum absolute atomic E-state index is 0. The molecular weight excluding hydrogens is 523 g/mol. The summed E-state index contributed by atoms with van der Waals surface area (Å²) in [5, 5.41) is 32.3. The van der Waals surface area contributed by atoms with Crippen LogP contribution in [0.4, 0.5) is 0 Å². The second-order valence-corrected chi connectivity index (χ2v) is 4.31. The third kappa shape index (κ3) is 114. The van der Waals surface area contributed by atoms with Gasteiger partial charge in [-0.15, -0.1) is 0 Å². The molecule has 4 N–H and O–H groups in total. The first-order valence-corrected chi connectivity index (χ1v) is 8.09. The molecule has 5 heteroatoms. The average molecular weight is 563 g/mol. The largest absolute Gasteiger partial charge is 0.396 e. The number of rotatable bonds is 8. The molecule has 0 unspecified atom stereocenters. The Morgan fingerprint density at radius 2 is 0.571 bits per heavy atom. The van der Waals surface area contributed by atoms with Crippen LogP contribution in [0.3, 0.4) is 0 Å². The Hall–Kier alpha value is -1.16. The Bertz CT molecular complexity index is 74.3. The van der Waals surface area contributed by atoms with E-state index in [1.54, 1.807) is 0 Å². The summed E-state index contributed by atoms with van der Waals surface area (Å²) in [7, 11) is 0. The molecule has 0 fully saturated rings. The van der Waals surface area contributed by atoms with E-state index in [4.69, 9.17) is 20.4 Å². The molecule has 0 aliphatic heterocycles. The van der Waals surface area contributed by atoms with Crippen molar-refractivity contribution >= 4 is 0 Å². The quantitative estimate of drug-likeness (QED) is 0.366. The first-order chi connectivity index (χ1) is 9.66. The maximum Gasteiger partial charge on any atom is 0.0430 e. The fourth-order valence-corrected chi connectivity index (χ4v) is 0.632. The zero-order chi connectivity index (χ0) is 16.5. The van der Waals surface area contributed by atoms with Gasteiger partial charge >= 0.3 is 0 Å². The summed E-state index contributed by atoms with van der Waals surface area (Å²) in [6.07, 6.45) is 8.15. The van der Waals surface area contributed by atoms with Crippen molar-refractivity contribution in [2.75, 3.05) is 26.4 Å². The van der Waals surface area contributed by atoms with Gasteiger partial charge in [0.25, 0.3) is 0 Å². The van der Waals surface area contributed by atoms with Crippen LogP contribution < -0.4 is 0 Å². The van der Waals surface area contributed by atoms with Gasteiger partial charge in [0.15, 0.2) is 0 Å². The molecule has 0 rings (SSSR count). The van der Waals surface area contributed by atoms with Crippen LogP contribution in [0.15, 0.2) is 0 Å². The molecule has 130 valence electrons. The minimum atomic E-state index is 0. The molecular formula is C16H40O4Rf. The third-order valence-electron chi connectivity index (χ3n) is 2.05. The molecule has 0 bridgehead atoms. The molecule has 0 aliphatic rings. The predicted molar refractivity (Wildman–Crippen MR) is 88.0 cm³/mol. The third-order valence-corrected chi connectivity index (χ3v) is 2.05. The summed E-state index contributed by atoms with van der Waals surface area (Å²) in [6.45, 7) is 9.58. The fraction of sp³-hybridized carbons (Fsp3) is 1.00. The molecule has 0 aromatic carbocycles. The van der Waals surface area contributed by atoms with Gasteiger partial charge in [0.1, 0.15) is 0 Å². The number of aliphatic hydroxyl groups excluding tert-OH is 4. The number of unbranched alkanes of at least 4 members (excludes halogenated alkanes) is 4. The zero-order valence-corrected chi connectivity index (χ0v) is 21.4. The molecule has 0 amide bonds. The van der Waals surface area contributed by atoms with Crippen LogP contribution in [0, 0.1) is 0 Å². The molecule has 4 nitrogen and oxygen atoms in total. The van der Waals surface area contributed by atoms with E-state index >= 15 is 0 Å². The molecule has 0 heterocycles. The van der Waals surface area contributed by atoms with Gasteiger partial charge in [-0.1, -0.05) is 53.4 Å². The van der Waals surface area contributed by atoms with E-state index in [-0.39, 0.29) is 0 Å². The molecule has 21 heavy (non-hydrogen) atoms. The van der Waals surface area contributed by atoms with Crippen LogP contribution in [0.5, 0.6) is 0 Å². The van der Waals surface area contributed by atoms with Crippen molar-refractivity contribution in [3.63, 3.8) is 0 Å². The van der Waals surface area contributed by atoms with E-state index in [9.17, 15) is 0 Å². The van der Waals surface area contributed by atoms with E-state index < -0.39 is 0 Å². The van der Waals surface area contributed by atoms with Crippen LogP contribution >= 0.6 is 0 Å². The molecule has 0 spiro atoms. The van der Waals surface area contributed by atoms with Gasteiger partial charge in [0, 0.05) is 26.4 Å². The van der Waals surface area contributed by atoms with Gasteiger partial charge in [0.05, 0.1) is 0 Å². The maximum absolute atomic E-state index is 8.07. The topological polar surface area (TPSA) is 80.9 Å². The summed E-state index contributed by atoms with van der Waals surface area (Å²) >= 11 is 0. The van der Waals surface area contributed by atoms with Crippen molar-refractivity contribution in [3.8, 4) is 0 Å². The summed E-state index contributed by atoms with van der Waals surface area (Å²) in [5.41, 5.74) is 0. The van der Waals surface area contributed by atoms with Gasteiger partial charge in [-0.05, 0) is 25.7 Å². The van der Waals surface area contributed by atoms with Crippen LogP contribution in [0.1, 0.15) is 79.1 Å². The minimum Gasteiger partial charge on any atom is -0.396 e. The van der Waals surface area contributed by atoms with Gasteiger partial charge in [-0.3, -0.25) is 0 Å². The predicted octanol–water partition coefficient (Wildman–Crippen LogP) is 3.12. The van der Waals surface area contributed by atoms with Crippen molar-refractivity contribution in [2.24, 2.45) is 0 Å². The van der Waals surface area contributed by atoms with Crippen molar-refractivity contribution in [1.82, 2.24) is 0 Å². The van der Waals surface area contributed by atoms with E-state index in [1.165, 1.54) is 0 Å². The molecule has 0 aromatic heterocycles. The van der Waals surface area contributed by atoms with Gasteiger partial charge in [0.2, 0.25) is 0 Å². The Morgan fingerprint density at radius 3 is 0.571 bits per heavy atom. The van der Waals surface area contributed by atoms with E-state index in [0.29, 0.717) is 26.4 Å². The normalized spacial score (nSPS) is 8.00. The number of hydrogen-bond acceptors (Lipinski definition) is 4. The van der Waals surface area contributed by atoms with Crippen LogP contribution in [0.25, 0.3) is 0 Å². The smallest absolute Gasteiger partial charge is 0.0430 e. The maximum atomic E-state index is 8.07. The Labute approximate surface area is 126 Å². The molecule has 0 aliphatic carbocycles. The SMILES string of the molecule is CCCCO.CCCCO.CCCCO.CCCCO.[Rf]. The van der Waals surface area contributed by atoms with E-state index in [0.717, 1.165) is 51.4 Å². The van der Waals surface area contributed by atoms with Crippen molar-refractivity contribution in [2.45, 2.75) is 79.1 Å². The molecule has 0 atom stereocenters. The van der Waals surface area contributed by atoms with Crippen LogP contribution in [0.2, 0.25) is 0 Å². The van der Waals surface area contributed by atoms with Crippen LogP contribution in [-0.2, 0) is 0 Å². The van der Waals surface area contributed by atoms with E-state index in [1.807, 2.05) is 0 Å². The molecule has 0 radical (unpaired) electrons. The van der Waals surface area contributed by atoms with E-state index in [2.05, 4.69) is 27.7 Å². The molecule has 0 aromatic rings. The first-order valence-electron chi connectivity index (χ1n) is 8.09. The summed E-state index contributed by atoms with van der Waals surface area (Å²) in [5.74, 6) is 0. The summed E-state index contributed by atoms with van der Waals surface area (Å²) in [6, 6.07) is 0. The van der Waals surface area contributed by atoms with Crippen molar-refractivity contribution < 1.29 is 20.4 Å². The number of aliphatic hydroxyl groups is 4. The summed E-state index contributed by atoms with van der Waals surface area (Å²) < 4.78 is 0. The fourth-order valence-electron chi connectivity index (χ4n) is 0.632. The molecule has 0 saturated carbocycles. The Kier molecular flexibility index (Phi) is 77.7. The summed E-state index contributed by atoms with van der Waals surface area (Å²) in [4.78, 5) is 0. The second kappa shape index (κ2) is 51.0.